The molecule has 0 aromatic heterocycles. The summed E-state index contributed by atoms with van der Waals surface area (Å²) in [5.74, 6) is -0.271. The number of rotatable bonds is 5. The molecule has 2 N–H and O–H groups in total. The van der Waals surface area contributed by atoms with Gasteiger partial charge >= 0.3 is 0 Å². The monoisotopic (exact) mass is 270 g/mol. The lowest BCUT2D eigenvalue weighted by Crippen LogP contribution is -2.38. The standard InChI is InChI=1S/C6H11BrN2O3S/c7-4-13(11,12)8-3-6(10)9-5-1-2-5/h5,8H,1-4H2,(H,9,10). The van der Waals surface area contributed by atoms with E-state index >= 15 is 0 Å². The van der Waals surface area contributed by atoms with E-state index in [1.54, 1.807) is 0 Å². The Morgan fingerprint density at radius 1 is 1.46 bits per heavy atom. The highest BCUT2D eigenvalue weighted by molar-refractivity contribution is 9.10. The van der Waals surface area contributed by atoms with Gasteiger partial charge in [-0.05, 0) is 12.8 Å². The fraction of sp³-hybridized carbons (Fsp3) is 0.833. The van der Waals surface area contributed by atoms with Crippen molar-refractivity contribution >= 4 is 31.9 Å². The van der Waals surface area contributed by atoms with Crippen LogP contribution in [0.3, 0.4) is 0 Å². The van der Waals surface area contributed by atoms with Crippen molar-refractivity contribution in [2.45, 2.75) is 18.9 Å². The van der Waals surface area contributed by atoms with Crippen molar-refractivity contribution in [2.75, 3.05) is 11.2 Å². The molecule has 7 heteroatoms. The largest absolute Gasteiger partial charge is 0.352 e. The lowest BCUT2D eigenvalue weighted by molar-refractivity contribution is -0.120. The zero-order valence-corrected chi connectivity index (χ0v) is 9.32. The second kappa shape index (κ2) is 4.39. The van der Waals surface area contributed by atoms with Crippen LogP contribution in [-0.4, -0.2) is 31.6 Å². The number of nitrogens with one attached hydrogen (secondary N) is 2. The van der Waals surface area contributed by atoms with Crippen molar-refractivity contribution in [1.82, 2.24) is 10.0 Å². The topological polar surface area (TPSA) is 75.3 Å². The molecule has 1 rings (SSSR count). The summed E-state index contributed by atoms with van der Waals surface area (Å²) in [4.78, 5) is 11.0. The van der Waals surface area contributed by atoms with Crippen LogP contribution in [0.5, 0.6) is 0 Å². The number of alkyl halides is 1. The number of carbonyl (C=O) groups excluding carboxylic acids is 1. The fourth-order valence-electron chi connectivity index (χ4n) is 0.720. The minimum absolute atomic E-state index is 0.176. The molecule has 1 amide bonds. The molecule has 1 aliphatic rings. The van der Waals surface area contributed by atoms with Crippen molar-refractivity contribution in [2.24, 2.45) is 0 Å². The van der Waals surface area contributed by atoms with Gasteiger partial charge in [-0.25, -0.2) is 13.1 Å². The normalized spacial score (nSPS) is 17.0. The van der Waals surface area contributed by atoms with Gasteiger partial charge in [-0.3, -0.25) is 4.79 Å². The third-order valence-electron chi connectivity index (χ3n) is 1.54. The van der Waals surface area contributed by atoms with E-state index < -0.39 is 10.0 Å². The summed E-state index contributed by atoms with van der Waals surface area (Å²) >= 11 is 2.80. The van der Waals surface area contributed by atoms with Gasteiger partial charge in [0.1, 0.15) is 4.66 Å². The van der Waals surface area contributed by atoms with E-state index in [0.717, 1.165) is 12.8 Å². The van der Waals surface area contributed by atoms with Gasteiger partial charge in [0, 0.05) is 6.04 Å². The van der Waals surface area contributed by atoms with Crippen LogP contribution in [0, 0.1) is 0 Å². The van der Waals surface area contributed by atoms with Crippen LogP contribution in [-0.2, 0) is 14.8 Å². The predicted octanol–water partition coefficient (Wildman–Crippen LogP) is -0.463. The molecule has 5 nitrogen and oxygen atoms in total. The maximum atomic E-state index is 11.0. The molecule has 1 saturated carbocycles. The smallest absolute Gasteiger partial charge is 0.235 e. The Balaban J connectivity index is 2.20. The summed E-state index contributed by atoms with van der Waals surface area (Å²) in [7, 11) is -3.32. The molecule has 0 saturated heterocycles. The molecule has 1 aliphatic carbocycles. The van der Waals surface area contributed by atoms with Crippen LogP contribution < -0.4 is 10.0 Å². The lowest BCUT2D eigenvalue weighted by Gasteiger charge is -2.04. The van der Waals surface area contributed by atoms with Gasteiger partial charge in [0.05, 0.1) is 6.54 Å². The average molecular weight is 271 g/mol. The number of carbonyl (C=O) groups is 1. The summed E-state index contributed by atoms with van der Waals surface area (Å²) in [6.07, 6.45) is 1.99. The number of halogens is 1. The van der Waals surface area contributed by atoms with Crippen LogP contribution >= 0.6 is 15.9 Å². The Bertz CT molecular complexity index is 286. The first-order chi connectivity index (χ1) is 6.03. The van der Waals surface area contributed by atoms with E-state index in [1.165, 1.54) is 0 Å². The van der Waals surface area contributed by atoms with Crippen LogP contribution in [0.15, 0.2) is 0 Å². The van der Waals surface area contributed by atoms with Crippen molar-refractivity contribution in [3.8, 4) is 0 Å². The zero-order chi connectivity index (χ0) is 9.90. The summed E-state index contributed by atoms with van der Waals surface area (Å²) < 4.78 is 23.7. The van der Waals surface area contributed by atoms with Crippen molar-refractivity contribution in [3.63, 3.8) is 0 Å². The van der Waals surface area contributed by atoms with Gasteiger partial charge < -0.3 is 5.32 Å². The minimum atomic E-state index is -3.32. The third-order valence-corrected chi connectivity index (χ3v) is 4.22. The van der Waals surface area contributed by atoms with Gasteiger partial charge in [0.2, 0.25) is 15.9 Å². The maximum absolute atomic E-state index is 11.0. The first-order valence-corrected chi connectivity index (χ1v) is 6.63. The van der Waals surface area contributed by atoms with E-state index in [1.807, 2.05) is 0 Å². The molecule has 0 atom stereocenters. The lowest BCUT2D eigenvalue weighted by atomic mass is 10.5. The minimum Gasteiger partial charge on any atom is -0.352 e. The highest BCUT2D eigenvalue weighted by Gasteiger charge is 2.23. The molecule has 0 aromatic carbocycles. The summed E-state index contributed by atoms with van der Waals surface area (Å²) in [6, 6.07) is 0.265. The van der Waals surface area contributed by atoms with E-state index in [-0.39, 0.29) is 23.2 Å². The Labute approximate surface area is 85.4 Å². The Hall–Kier alpha value is -0.140. The Kier molecular flexibility index (Phi) is 3.69. The number of sulfonamides is 1. The molecule has 13 heavy (non-hydrogen) atoms. The quantitative estimate of drug-likeness (QED) is 0.664. The van der Waals surface area contributed by atoms with Crippen LogP contribution in [0.4, 0.5) is 0 Å². The highest BCUT2D eigenvalue weighted by atomic mass is 79.9. The van der Waals surface area contributed by atoms with Crippen LogP contribution in [0.2, 0.25) is 0 Å². The van der Waals surface area contributed by atoms with E-state index in [4.69, 9.17) is 0 Å². The molecule has 0 bridgehead atoms. The molecular formula is C6H11BrN2O3S. The van der Waals surface area contributed by atoms with Gasteiger partial charge in [-0.1, -0.05) is 15.9 Å². The van der Waals surface area contributed by atoms with Gasteiger partial charge in [0.25, 0.3) is 0 Å². The van der Waals surface area contributed by atoms with Gasteiger partial charge in [-0.15, -0.1) is 0 Å². The summed E-state index contributed by atoms with van der Waals surface area (Å²) in [5, 5.41) is 2.67. The zero-order valence-electron chi connectivity index (χ0n) is 6.92. The highest BCUT2D eigenvalue weighted by Crippen LogP contribution is 2.18. The number of amides is 1. The predicted molar refractivity (Wildman–Crippen MR) is 51.9 cm³/mol. The molecule has 0 spiro atoms. The third kappa shape index (κ3) is 4.58. The number of hydrogen-bond donors (Lipinski definition) is 2. The van der Waals surface area contributed by atoms with Gasteiger partial charge in [-0.2, -0.15) is 0 Å². The average Bonchev–Trinajstić information content (AvgIpc) is 2.85. The number of hydrogen-bond acceptors (Lipinski definition) is 3. The molecule has 76 valence electrons. The molecule has 0 heterocycles. The Morgan fingerprint density at radius 2 is 2.08 bits per heavy atom. The first kappa shape index (κ1) is 10.9. The Morgan fingerprint density at radius 3 is 2.54 bits per heavy atom. The fourth-order valence-corrected chi connectivity index (χ4v) is 1.63. The van der Waals surface area contributed by atoms with E-state index in [9.17, 15) is 13.2 Å². The molecule has 0 aliphatic heterocycles. The van der Waals surface area contributed by atoms with Crippen molar-refractivity contribution in [1.29, 1.82) is 0 Å². The van der Waals surface area contributed by atoms with E-state index in [2.05, 4.69) is 26.0 Å². The maximum Gasteiger partial charge on any atom is 0.235 e. The first-order valence-electron chi connectivity index (χ1n) is 3.86. The van der Waals surface area contributed by atoms with Crippen molar-refractivity contribution in [3.05, 3.63) is 0 Å². The second-order valence-electron chi connectivity index (χ2n) is 2.89. The van der Waals surface area contributed by atoms with Crippen molar-refractivity contribution < 1.29 is 13.2 Å². The van der Waals surface area contributed by atoms with E-state index in [0.29, 0.717) is 0 Å². The second-order valence-corrected chi connectivity index (χ2v) is 6.00. The van der Waals surface area contributed by atoms with Crippen LogP contribution in [0.25, 0.3) is 0 Å². The van der Waals surface area contributed by atoms with Gasteiger partial charge in [0.15, 0.2) is 0 Å². The molecular weight excluding hydrogens is 260 g/mol. The summed E-state index contributed by atoms with van der Waals surface area (Å²) in [5.41, 5.74) is 0. The van der Waals surface area contributed by atoms with Crippen LogP contribution in [0.1, 0.15) is 12.8 Å². The molecule has 1 fully saturated rings. The molecule has 0 aromatic rings. The molecule has 0 radical (unpaired) electrons. The molecule has 0 unspecified atom stereocenters. The SMILES string of the molecule is O=C(CNS(=O)(=O)CBr)NC1CC1. The summed E-state index contributed by atoms with van der Waals surface area (Å²) in [6.45, 7) is -0.176.